The zero-order valence-corrected chi connectivity index (χ0v) is 13.5. The Labute approximate surface area is 142 Å². The maximum atomic E-state index is 12.1. The summed E-state index contributed by atoms with van der Waals surface area (Å²) in [5.74, 6) is -1.32. The Hall–Kier alpha value is -3.49. The lowest BCUT2D eigenvalue weighted by Gasteiger charge is -2.01. The van der Waals surface area contributed by atoms with Gasteiger partial charge in [-0.3, -0.25) is 19.6 Å². The molecule has 0 spiro atoms. The van der Waals surface area contributed by atoms with Crippen LogP contribution in [0.4, 0.5) is 5.95 Å². The van der Waals surface area contributed by atoms with Gasteiger partial charge in [0.1, 0.15) is 12.9 Å². The predicted molar refractivity (Wildman–Crippen MR) is 88.1 cm³/mol. The number of carboxylic acids is 1. The van der Waals surface area contributed by atoms with E-state index in [0.717, 1.165) is 5.56 Å². The zero-order chi connectivity index (χ0) is 17.8. The van der Waals surface area contributed by atoms with E-state index in [1.54, 1.807) is 4.68 Å². The smallest absolute Gasteiger partial charge is 0.325 e. The summed E-state index contributed by atoms with van der Waals surface area (Å²) in [6, 6.07) is 8.05. The predicted octanol–water partition coefficient (Wildman–Crippen LogP) is 1.17. The van der Waals surface area contributed by atoms with Gasteiger partial charge in [-0.1, -0.05) is 29.8 Å². The van der Waals surface area contributed by atoms with Crippen molar-refractivity contribution in [3.63, 3.8) is 0 Å². The number of hydrogen-bond acceptors (Lipinski definition) is 5. The molecule has 0 fully saturated rings. The number of rotatable bonds is 6. The van der Waals surface area contributed by atoms with Crippen molar-refractivity contribution >= 4 is 17.8 Å². The first-order valence-corrected chi connectivity index (χ1v) is 7.50. The first-order valence-electron chi connectivity index (χ1n) is 7.50. The van der Waals surface area contributed by atoms with Gasteiger partial charge in [0.05, 0.1) is 18.3 Å². The van der Waals surface area contributed by atoms with Gasteiger partial charge in [-0.2, -0.15) is 5.10 Å². The molecule has 2 heterocycles. The molecule has 0 aliphatic rings. The van der Waals surface area contributed by atoms with Crippen LogP contribution in [0, 0.1) is 6.92 Å². The molecule has 9 heteroatoms. The molecule has 1 aromatic carbocycles. The van der Waals surface area contributed by atoms with Crippen LogP contribution in [0.2, 0.25) is 0 Å². The molecule has 128 valence electrons. The third-order valence-electron chi connectivity index (χ3n) is 3.42. The van der Waals surface area contributed by atoms with Crippen LogP contribution in [-0.4, -0.2) is 41.5 Å². The Morgan fingerprint density at radius 3 is 2.68 bits per heavy atom. The summed E-state index contributed by atoms with van der Waals surface area (Å²) in [5, 5.41) is 19.3. The maximum absolute atomic E-state index is 12.1. The Balaban J connectivity index is 1.62. The van der Waals surface area contributed by atoms with Crippen LogP contribution >= 0.6 is 0 Å². The molecule has 0 radical (unpaired) electrons. The molecule has 25 heavy (non-hydrogen) atoms. The van der Waals surface area contributed by atoms with Crippen LogP contribution in [0.5, 0.6) is 0 Å². The van der Waals surface area contributed by atoms with Crippen molar-refractivity contribution in [2.24, 2.45) is 0 Å². The van der Waals surface area contributed by atoms with Crippen molar-refractivity contribution in [3.8, 4) is 0 Å². The lowest BCUT2D eigenvalue weighted by Crippen LogP contribution is -2.13. The zero-order valence-electron chi connectivity index (χ0n) is 13.5. The van der Waals surface area contributed by atoms with Crippen molar-refractivity contribution < 1.29 is 14.7 Å². The molecule has 2 N–H and O–H groups in total. The van der Waals surface area contributed by atoms with Crippen molar-refractivity contribution in [2.75, 3.05) is 5.32 Å². The molecule has 0 saturated heterocycles. The standard InChI is InChI=1S/C16H16N6O3/c1-11-2-4-12(5-3-11)7-22-10-17-16(20-22)19-15(25)13-6-18-21(8-13)9-14(23)24/h2-6,8,10H,7,9H2,1H3,(H,23,24)(H,19,20,25). The second-order valence-electron chi connectivity index (χ2n) is 5.53. The number of aromatic nitrogens is 5. The van der Waals surface area contributed by atoms with Crippen LogP contribution < -0.4 is 5.32 Å². The van der Waals surface area contributed by atoms with Gasteiger partial charge < -0.3 is 5.11 Å². The molecule has 3 aromatic rings. The number of hydrogen-bond donors (Lipinski definition) is 2. The number of aliphatic carboxylic acids is 1. The molecule has 9 nitrogen and oxygen atoms in total. The summed E-state index contributed by atoms with van der Waals surface area (Å²) in [4.78, 5) is 26.8. The topological polar surface area (TPSA) is 115 Å². The maximum Gasteiger partial charge on any atom is 0.325 e. The number of aryl methyl sites for hydroxylation is 1. The Morgan fingerprint density at radius 2 is 1.96 bits per heavy atom. The van der Waals surface area contributed by atoms with Crippen molar-refractivity contribution in [2.45, 2.75) is 20.0 Å². The summed E-state index contributed by atoms with van der Waals surface area (Å²) in [7, 11) is 0. The summed E-state index contributed by atoms with van der Waals surface area (Å²) in [6.45, 7) is 2.25. The number of carbonyl (C=O) groups is 2. The van der Waals surface area contributed by atoms with Crippen molar-refractivity contribution in [1.82, 2.24) is 24.5 Å². The number of carbonyl (C=O) groups excluding carboxylic acids is 1. The van der Waals surface area contributed by atoms with Gasteiger partial charge >= 0.3 is 5.97 Å². The average molecular weight is 340 g/mol. The third kappa shape index (κ3) is 4.28. The molecule has 0 aliphatic heterocycles. The highest BCUT2D eigenvalue weighted by atomic mass is 16.4. The van der Waals surface area contributed by atoms with E-state index < -0.39 is 11.9 Å². The van der Waals surface area contributed by atoms with Crippen molar-refractivity contribution in [3.05, 3.63) is 59.7 Å². The SMILES string of the molecule is Cc1ccc(Cn2cnc(NC(=O)c3cnn(CC(=O)O)c3)n2)cc1. The van der Waals surface area contributed by atoms with Gasteiger partial charge in [0, 0.05) is 6.20 Å². The lowest BCUT2D eigenvalue weighted by atomic mass is 10.1. The van der Waals surface area contributed by atoms with E-state index in [4.69, 9.17) is 5.11 Å². The highest BCUT2D eigenvalue weighted by Crippen LogP contribution is 2.07. The Morgan fingerprint density at radius 1 is 1.20 bits per heavy atom. The quantitative estimate of drug-likeness (QED) is 0.696. The fourth-order valence-electron chi connectivity index (χ4n) is 2.19. The van der Waals surface area contributed by atoms with E-state index in [-0.39, 0.29) is 18.1 Å². The van der Waals surface area contributed by atoms with E-state index in [1.165, 1.54) is 29.0 Å². The molecular weight excluding hydrogens is 324 g/mol. The minimum absolute atomic E-state index is 0.170. The first-order chi connectivity index (χ1) is 12.0. The molecule has 2 aromatic heterocycles. The van der Waals surface area contributed by atoms with Gasteiger partial charge in [0.2, 0.25) is 5.95 Å². The molecule has 0 atom stereocenters. The molecule has 1 amide bonds. The fourth-order valence-corrected chi connectivity index (χ4v) is 2.19. The second kappa shape index (κ2) is 6.95. The minimum Gasteiger partial charge on any atom is -0.480 e. The van der Waals surface area contributed by atoms with Crippen LogP contribution in [0.3, 0.4) is 0 Å². The van der Waals surface area contributed by atoms with Crippen LogP contribution in [0.15, 0.2) is 43.0 Å². The molecule has 0 unspecified atom stereocenters. The fraction of sp³-hybridized carbons (Fsp3) is 0.188. The van der Waals surface area contributed by atoms with Gasteiger partial charge in [0.15, 0.2) is 0 Å². The number of nitrogens with one attached hydrogen (secondary N) is 1. The number of nitrogens with zero attached hydrogens (tertiary/aromatic N) is 5. The number of benzene rings is 1. The Bertz CT molecular complexity index is 897. The van der Waals surface area contributed by atoms with Gasteiger partial charge in [-0.25, -0.2) is 9.67 Å². The van der Waals surface area contributed by atoms with Gasteiger partial charge in [-0.05, 0) is 12.5 Å². The van der Waals surface area contributed by atoms with Crippen molar-refractivity contribution in [1.29, 1.82) is 0 Å². The summed E-state index contributed by atoms with van der Waals surface area (Å²) < 4.78 is 2.79. The molecule has 0 aliphatic carbocycles. The minimum atomic E-state index is -1.04. The highest BCUT2D eigenvalue weighted by Gasteiger charge is 2.12. The molecule has 0 bridgehead atoms. The summed E-state index contributed by atoms with van der Waals surface area (Å²) in [6.07, 6.45) is 4.18. The number of amides is 1. The third-order valence-corrected chi connectivity index (χ3v) is 3.42. The van der Waals surface area contributed by atoms with Gasteiger partial charge in [-0.15, -0.1) is 5.10 Å². The van der Waals surface area contributed by atoms with Gasteiger partial charge in [0.25, 0.3) is 5.91 Å². The number of carboxylic acid groups (broad SMARTS) is 1. The van der Waals surface area contributed by atoms with Crippen LogP contribution in [0.1, 0.15) is 21.5 Å². The van der Waals surface area contributed by atoms with Crippen LogP contribution in [0.25, 0.3) is 0 Å². The molecular formula is C16H16N6O3. The molecule has 0 saturated carbocycles. The number of anilines is 1. The normalized spacial score (nSPS) is 10.6. The lowest BCUT2D eigenvalue weighted by molar-refractivity contribution is -0.137. The monoisotopic (exact) mass is 340 g/mol. The first kappa shape index (κ1) is 16.4. The summed E-state index contributed by atoms with van der Waals surface area (Å²) >= 11 is 0. The average Bonchev–Trinajstić information content (AvgIpc) is 3.19. The van der Waals surface area contributed by atoms with E-state index in [1.807, 2.05) is 31.2 Å². The second-order valence-corrected chi connectivity index (χ2v) is 5.53. The Kier molecular flexibility index (Phi) is 4.55. The van der Waals surface area contributed by atoms with Crippen LogP contribution in [-0.2, 0) is 17.9 Å². The molecule has 3 rings (SSSR count). The highest BCUT2D eigenvalue weighted by molar-refractivity contribution is 6.02. The van der Waals surface area contributed by atoms with E-state index in [9.17, 15) is 9.59 Å². The van der Waals surface area contributed by atoms with E-state index in [2.05, 4.69) is 20.5 Å². The largest absolute Gasteiger partial charge is 0.480 e. The summed E-state index contributed by atoms with van der Waals surface area (Å²) in [5.41, 5.74) is 2.48. The van der Waals surface area contributed by atoms with E-state index in [0.29, 0.717) is 6.54 Å². The van der Waals surface area contributed by atoms with E-state index >= 15 is 0 Å².